The summed E-state index contributed by atoms with van der Waals surface area (Å²) >= 11 is 0. The van der Waals surface area contributed by atoms with Crippen LogP contribution in [-0.4, -0.2) is 22.9 Å². The molecule has 2 aromatic carbocycles. The second kappa shape index (κ2) is 5.49. The molecule has 0 amide bonds. The van der Waals surface area contributed by atoms with E-state index in [2.05, 4.69) is 21.1 Å². The molecule has 2 aliphatic heterocycles. The lowest BCUT2D eigenvalue weighted by Crippen LogP contribution is -2.60. The van der Waals surface area contributed by atoms with Crippen LogP contribution in [0.1, 0.15) is 24.0 Å². The largest absolute Gasteiger partial charge is 0.398 e. The van der Waals surface area contributed by atoms with E-state index in [-0.39, 0.29) is 12.2 Å². The smallest absolute Gasteiger partial charge is 0.203 e. The molecule has 1 unspecified atom stereocenters. The molecule has 2 heterocycles. The van der Waals surface area contributed by atoms with E-state index >= 15 is 0 Å². The number of hydrazone groups is 2. The minimum Gasteiger partial charge on any atom is -0.398 e. The number of Topliss-reactive ketones (excluding diaryl/α,β-unsaturated/α-hetero) is 1. The van der Waals surface area contributed by atoms with E-state index in [9.17, 15) is 4.79 Å². The fraction of sp³-hybridized carbons (Fsp3) is 0.167. The Bertz CT molecular complexity index is 859. The molecule has 0 radical (unpaired) electrons. The maximum atomic E-state index is 12.8. The van der Waals surface area contributed by atoms with Crippen LogP contribution in [0, 0.1) is 0 Å². The maximum absolute atomic E-state index is 12.8. The second-order valence-electron chi connectivity index (χ2n) is 5.98. The summed E-state index contributed by atoms with van der Waals surface area (Å²) in [6.45, 7) is 0. The number of nitrogens with zero attached hydrogens (tertiary/aromatic N) is 2. The standard InChI is InChI=1S/C18H17N5O/c19-14-9-5-4-8-13(14)15-10-17(24)18(22-20-15)11-16(21-23-18)12-6-2-1-3-7-12/h1-9,22-23H,10-11,19H2. The molecular weight excluding hydrogens is 302 g/mol. The van der Waals surface area contributed by atoms with E-state index in [1.54, 1.807) is 6.07 Å². The number of nitrogen functional groups attached to an aromatic ring is 1. The van der Waals surface area contributed by atoms with E-state index in [0.717, 1.165) is 16.8 Å². The summed E-state index contributed by atoms with van der Waals surface area (Å²) in [5.74, 6) is 0.00503. The number of ketones is 1. The molecule has 2 aromatic rings. The van der Waals surface area contributed by atoms with E-state index in [0.29, 0.717) is 17.8 Å². The highest BCUT2D eigenvalue weighted by Gasteiger charge is 2.45. The summed E-state index contributed by atoms with van der Waals surface area (Å²) in [4.78, 5) is 12.8. The lowest BCUT2D eigenvalue weighted by molar-refractivity contribution is -0.125. The SMILES string of the molecule is Nc1ccccc1C1=NNC2(CC(c3ccccc3)=NN2)C(=O)C1. The van der Waals surface area contributed by atoms with E-state index in [4.69, 9.17) is 5.73 Å². The van der Waals surface area contributed by atoms with Crippen molar-refractivity contribution >= 4 is 22.9 Å². The Morgan fingerprint density at radius 3 is 2.33 bits per heavy atom. The molecule has 0 fully saturated rings. The Morgan fingerprint density at radius 1 is 0.917 bits per heavy atom. The van der Waals surface area contributed by atoms with Crippen LogP contribution < -0.4 is 16.6 Å². The van der Waals surface area contributed by atoms with Gasteiger partial charge in [-0.2, -0.15) is 10.2 Å². The fourth-order valence-corrected chi connectivity index (χ4v) is 3.00. The van der Waals surface area contributed by atoms with Crippen molar-refractivity contribution in [1.82, 2.24) is 10.9 Å². The van der Waals surface area contributed by atoms with Crippen LogP contribution in [0.15, 0.2) is 64.8 Å². The van der Waals surface area contributed by atoms with Crippen molar-refractivity contribution in [2.75, 3.05) is 5.73 Å². The molecule has 6 nitrogen and oxygen atoms in total. The quantitative estimate of drug-likeness (QED) is 0.734. The van der Waals surface area contributed by atoms with Gasteiger partial charge in [0.1, 0.15) is 0 Å². The predicted octanol–water partition coefficient (Wildman–Crippen LogP) is 1.63. The van der Waals surface area contributed by atoms with Gasteiger partial charge in [0.05, 0.1) is 17.8 Å². The number of carbonyl (C=O) groups excluding carboxylic acids is 1. The molecule has 1 spiro atoms. The van der Waals surface area contributed by atoms with Gasteiger partial charge in [-0.1, -0.05) is 48.5 Å². The Kier molecular flexibility index (Phi) is 3.30. The minimum atomic E-state index is -0.960. The van der Waals surface area contributed by atoms with Gasteiger partial charge < -0.3 is 5.73 Å². The molecule has 0 saturated carbocycles. The zero-order valence-corrected chi connectivity index (χ0v) is 13.0. The zero-order valence-electron chi connectivity index (χ0n) is 13.0. The van der Waals surface area contributed by atoms with Gasteiger partial charge in [0.15, 0.2) is 5.78 Å². The van der Waals surface area contributed by atoms with Crippen LogP contribution in [0.3, 0.4) is 0 Å². The predicted molar refractivity (Wildman–Crippen MR) is 93.6 cm³/mol. The number of hydrogen-bond donors (Lipinski definition) is 3. The molecule has 0 aliphatic carbocycles. The molecule has 120 valence electrons. The summed E-state index contributed by atoms with van der Waals surface area (Å²) in [5.41, 5.74) is 14.8. The first-order valence-corrected chi connectivity index (χ1v) is 7.79. The van der Waals surface area contributed by atoms with Crippen LogP contribution in [0.25, 0.3) is 0 Å². The molecular formula is C18H17N5O. The average Bonchev–Trinajstić information content (AvgIpc) is 3.04. The van der Waals surface area contributed by atoms with Crippen LogP contribution >= 0.6 is 0 Å². The Morgan fingerprint density at radius 2 is 1.58 bits per heavy atom. The highest BCUT2D eigenvalue weighted by molar-refractivity contribution is 6.18. The van der Waals surface area contributed by atoms with Crippen molar-refractivity contribution in [2.24, 2.45) is 10.2 Å². The summed E-state index contributed by atoms with van der Waals surface area (Å²) in [7, 11) is 0. The van der Waals surface area contributed by atoms with Crippen molar-refractivity contribution in [2.45, 2.75) is 18.5 Å². The van der Waals surface area contributed by atoms with E-state index in [1.165, 1.54) is 0 Å². The van der Waals surface area contributed by atoms with Gasteiger partial charge >= 0.3 is 0 Å². The number of nitrogens with one attached hydrogen (secondary N) is 2. The number of anilines is 1. The Labute approximate surface area is 139 Å². The first kappa shape index (κ1) is 14.4. The van der Waals surface area contributed by atoms with Crippen LogP contribution in [0.2, 0.25) is 0 Å². The van der Waals surface area contributed by atoms with Gasteiger partial charge in [-0.25, -0.2) is 0 Å². The lowest BCUT2D eigenvalue weighted by atomic mass is 9.90. The third-order valence-corrected chi connectivity index (χ3v) is 4.38. The van der Waals surface area contributed by atoms with E-state index < -0.39 is 5.66 Å². The number of rotatable bonds is 2. The molecule has 24 heavy (non-hydrogen) atoms. The first-order valence-electron chi connectivity index (χ1n) is 7.79. The van der Waals surface area contributed by atoms with Crippen molar-refractivity contribution < 1.29 is 4.79 Å². The summed E-state index contributed by atoms with van der Waals surface area (Å²) < 4.78 is 0. The van der Waals surface area contributed by atoms with Gasteiger partial charge in [0.2, 0.25) is 5.66 Å². The molecule has 6 heteroatoms. The van der Waals surface area contributed by atoms with Gasteiger partial charge in [-0.05, 0) is 11.6 Å². The molecule has 4 rings (SSSR count). The van der Waals surface area contributed by atoms with Gasteiger partial charge in [-0.3, -0.25) is 15.6 Å². The number of benzene rings is 2. The normalized spacial score (nSPS) is 22.6. The van der Waals surface area contributed by atoms with E-state index in [1.807, 2.05) is 48.5 Å². The highest BCUT2D eigenvalue weighted by atomic mass is 16.1. The van der Waals surface area contributed by atoms with Crippen LogP contribution in [0.4, 0.5) is 5.69 Å². The summed E-state index contributed by atoms with van der Waals surface area (Å²) in [6.07, 6.45) is 0.669. The summed E-state index contributed by atoms with van der Waals surface area (Å²) in [5, 5.41) is 8.74. The Hall–Kier alpha value is -3.15. The molecule has 2 aliphatic rings. The molecule has 0 aromatic heterocycles. The number of nitrogens with two attached hydrogens (primary N) is 1. The van der Waals surface area contributed by atoms with Crippen molar-refractivity contribution in [1.29, 1.82) is 0 Å². The van der Waals surface area contributed by atoms with Crippen molar-refractivity contribution in [3.05, 3.63) is 65.7 Å². The molecule has 4 N–H and O–H groups in total. The topological polar surface area (TPSA) is 91.9 Å². The fourth-order valence-electron chi connectivity index (χ4n) is 3.00. The minimum absolute atomic E-state index is 0.00503. The second-order valence-corrected chi connectivity index (χ2v) is 5.98. The lowest BCUT2D eigenvalue weighted by Gasteiger charge is -2.31. The molecule has 1 atom stereocenters. The van der Waals surface area contributed by atoms with Gasteiger partial charge in [-0.15, -0.1) is 0 Å². The molecule has 0 saturated heterocycles. The monoisotopic (exact) mass is 319 g/mol. The zero-order chi connectivity index (χ0) is 16.6. The maximum Gasteiger partial charge on any atom is 0.203 e. The number of hydrogen-bond acceptors (Lipinski definition) is 6. The third-order valence-electron chi connectivity index (χ3n) is 4.38. The Balaban J connectivity index is 1.58. The van der Waals surface area contributed by atoms with Gasteiger partial charge in [0.25, 0.3) is 0 Å². The molecule has 0 bridgehead atoms. The summed E-state index contributed by atoms with van der Waals surface area (Å²) in [6, 6.07) is 17.2. The van der Waals surface area contributed by atoms with Crippen LogP contribution in [0.5, 0.6) is 0 Å². The van der Waals surface area contributed by atoms with Gasteiger partial charge in [0, 0.05) is 17.7 Å². The van der Waals surface area contributed by atoms with Crippen molar-refractivity contribution in [3.63, 3.8) is 0 Å². The van der Waals surface area contributed by atoms with Crippen LogP contribution in [-0.2, 0) is 4.79 Å². The number of carbonyl (C=O) groups is 1. The average molecular weight is 319 g/mol. The third kappa shape index (κ3) is 2.32. The highest BCUT2D eigenvalue weighted by Crippen LogP contribution is 2.26. The first-order chi connectivity index (χ1) is 11.7. The number of para-hydroxylation sites is 1. The van der Waals surface area contributed by atoms with Crippen molar-refractivity contribution in [3.8, 4) is 0 Å².